The lowest BCUT2D eigenvalue weighted by molar-refractivity contribution is -0.0501. The van der Waals surface area contributed by atoms with E-state index < -0.39 is 32.9 Å². The monoisotopic (exact) mass is 328 g/mol. The third-order valence-corrected chi connectivity index (χ3v) is 3.25. The average molecular weight is 328 g/mol. The average Bonchev–Trinajstić information content (AvgIpc) is 2.37. The smallest absolute Gasteiger partial charge is 0.493 e. The zero-order valence-corrected chi connectivity index (χ0v) is 12.0. The second-order valence-corrected chi connectivity index (χ2v) is 5.36. The van der Waals surface area contributed by atoms with Gasteiger partial charge in [-0.15, -0.1) is 0 Å². The van der Waals surface area contributed by atoms with Crippen LogP contribution in [0.3, 0.4) is 0 Å². The Bertz CT molecular complexity index is 651. The van der Waals surface area contributed by atoms with Gasteiger partial charge in [-0.3, -0.25) is 0 Å². The molecule has 0 amide bonds. The van der Waals surface area contributed by atoms with Crippen LogP contribution in [0.25, 0.3) is 0 Å². The molecule has 0 N–H and O–H groups in total. The summed E-state index contributed by atoms with van der Waals surface area (Å²) in [5.74, 6) is -2.29. The summed E-state index contributed by atoms with van der Waals surface area (Å²) in [5, 5.41) is 0. The van der Waals surface area contributed by atoms with Gasteiger partial charge in [0.15, 0.2) is 11.5 Å². The summed E-state index contributed by atoms with van der Waals surface area (Å²) in [6.07, 6.45) is 0. The van der Waals surface area contributed by atoms with Gasteiger partial charge in [0.1, 0.15) is 5.56 Å². The number of ether oxygens (including phenoxy) is 2. The molecule has 1 aromatic rings. The quantitative estimate of drug-likeness (QED) is 0.478. The fourth-order valence-corrected chi connectivity index (χ4v) is 1.88. The SMILES string of the molecule is COC(=O)c1cc(C)cc(OC)c1OS(=O)(=O)C(F)(F)F. The topological polar surface area (TPSA) is 78.9 Å². The minimum Gasteiger partial charge on any atom is -0.493 e. The van der Waals surface area contributed by atoms with Gasteiger partial charge in [0, 0.05) is 0 Å². The van der Waals surface area contributed by atoms with Crippen LogP contribution in [0.2, 0.25) is 0 Å². The van der Waals surface area contributed by atoms with E-state index >= 15 is 0 Å². The lowest BCUT2D eigenvalue weighted by atomic mass is 10.1. The van der Waals surface area contributed by atoms with Crippen molar-refractivity contribution in [3.05, 3.63) is 23.3 Å². The molecule has 0 aliphatic carbocycles. The van der Waals surface area contributed by atoms with Crippen LogP contribution in [-0.4, -0.2) is 34.1 Å². The van der Waals surface area contributed by atoms with Crippen LogP contribution in [0.5, 0.6) is 11.5 Å². The second kappa shape index (κ2) is 5.80. The highest BCUT2D eigenvalue weighted by Crippen LogP contribution is 2.37. The van der Waals surface area contributed by atoms with Crippen molar-refractivity contribution in [1.82, 2.24) is 0 Å². The maximum Gasteiger partial charge on any atom is 0.534 e. The van der Waals surface area contributed by atoms with E-state index in [0.717, 1.165) is 20.3 Å². The summed E-state index contributed by atoms with van der Waals surface area (Å²) in [6, 6.07) is 2.34. The molecule has 0 aromatic heterocycles. The van der Waals surface area contributed by atoms with Crippen LogP contribution in [0.4, 0.5) is 13.2 Å². The molecule has 0 radical (unpaired) electrons. The van der Waals surface area contributed by atoms with Crippen LogP contribution in [0, 0.1) is 6.92 Å². The Hall–Kier alpha value is -1.97. The number of carbonyl (C=O) groups excluding carboxylic acids is 1. The van der Waals surface area contributed by atoms with Gasteiger partial charge in [-0.05, 0) is 24.6 Å². The van der Waals surface area contributed by atoms with E-state index in [1.807, 2.05) is 0 Å². The Morgan fingerprint density at radius 2 is 1.76 bits per heavy atom. The first kappa shape index (κ1) is 17.1. The molecule has 21 heavy (non-hydrogen) atoms. The summed E-state index contributed by atoms with van der Waals surface area (Å²) in [5.41, 5.74) is -5.71. The molecule has 0 spiro atoms. The first-order valence-electron chi connectivity index (χ1n) is 5.31. The van der Waals surface area contributed by atoms with E-state index in [4.69, 9.17) is 4.74 Å². The molecular weight excluding hydrogens is 317 g/mol. The summed E-state index contributed by atoms with van der Waals surface area (Å²) in [4.78, 5) is 11.6. The second-order valence-electron chi connectivity index (χ2n) is 3.82. The molecule has 0 atom stereocenters. The molecule has 1 aromatic carbocycles. The summed E-state index contributed by atoms with van der Waals surface area (Å²) in [7, 11) is -3.88. The summed E-state index contributed by atoms with van der Waals surface area (Å²) in [6.45, 7) is 1.52. The zero-order chi connectivity index (χ0) is 16.4. The predicted molar refractivity (Wildman–Crippen MR) is 64.7 cm³/mol. The number of hydrogen-bond acceptors (Lipinski definition) is 6. The zero-order valence-electron chi connectivity index (χ0n) is 11.1. The van der Waals surface area contributed by atoms with E-state index in [1.165, 1.54) is 13.0 Å². The van der Waals surface area contributed by atoms with E-state index in [2.05, 4.69) is 8.92 Å². The molecule has 10 heteroatoms. The van der Waals surface area contributed by atoms with Gasteiger partial charge in [-0.25, -0.2) is 4.79 Å². The molecular formula is C11H11F3O6S. The minimum absolute atomic E-state index is 0.344. The number of alkyl halides is 3. The Balaban J connectivity index is 3.50. The number of halogens is 3. The standard InChI is InChI=1S/C11H11F3O6S/c1-6-4-7(10(15)19-3)9(8(5-6)18-2)20-21(16,17)11(12,13)14/h4-5H,1-3H3. The molecule has 1 rings (SSSR count). The van der Waals surface area contributed by atoms with Crippen molar-refractivity contribution in [2.75, 3.05) is 14.2 Å². The van der Waals surface area contributed by atoms with E-state index in [1.54, 1.807) is 0 Å². The van der Waals surface area contributed by atoms with Gasteiger partial charge in [-0.2, -0.15) is 21.6 Å². The fourth-order valence-electron chi connectivity index (χ4n) is 1.40. The molecule has 0 saturated heterocycles. The van der Waals surface area contributed by atoms with E-state index in [9.17, 15) is 26.4 Å². The Morgan fingerprint density at radius 3 is 2.19 bits per heavy atom. The van der Waals surface area contributed by atoms with Crippen LogP contribution >= 0.6 is 0 Å². The van der Waals surface area contributed by atoms with E-state index in [0.29, 0.717) is 5.56 Å². The van der Waals surface area contributed by atoms with Crippen molar-refractivity contribution < 1.29 is 40.0 Å². The van der Waals surface area contributed by atoms with Gasteiger partial charge < -0.3 is 13.7 Å². The molecule has 0 saturated carbocycles. The van der Waals surface area contributed by atoms with Crippen LogP contribution in [0.1, 0.15) is 15.9 Å². The van der Waals surface area contributed by atoms with Crippen LogP contribution in [0.15, 0.2) is 12.1 Å². The maximum atomic E-state index is 12.4. The molecule has 0 aliphatic rings. The highest BCUT2D eigenvalue weighted by molar-refractivity contribution is 7.88. The Morgan fingerprint density at radius 1 is 1.19 bits per heavy atom. The molecule has 118 valence electrons. The number of esters is 1. The van der Waals surface area contributed by atoms with Gasteiger partial charge >= 0.3 is 21.6 Å². The van der Waals surface area contributed by atoms with Crippen LogP contribution in [-0.2, 0) is 14.9 Å². The molecule has 6 nitrogen and oxygen atoms in total. The van der Waals surface area contributed by atoms with Gasteiger partial charge in [0.2, 0.25) is 0 Å². The van der Waals surface area contributed by atoms with Crippen molar-refractivity contribution in [3.63, 3.8) is 0 Å². The number of methoxy groups -OCH3 is 2. The number of rotatable bonds is 4. The minimum atomic E-state index is -5.95. The van der Waals surface area contributed by atoms with Crippen molar-refractivity contribution in [2.24, 2.45) is 0 Å². The van der Waals surface area contributed by atoms with Crippen LogP contribution < -0.4 is 8.92 Å². The summed E-state index contributed by atoms with van der Waals surface area (Å²) >= 11 is 0. The molecule has 0 aliphatic heterocycles. The highest BCUT2D eigenvalue weighted by atomic mass is 32.2. The number of benzene rings is 1. The Labute approximate surface area is 118 Å². The van der Waals surface area contributed by atoms with Crippen molar-refractivity contribution in [3.8, 4) is 11.5 Å². The first-order valence-corrected chi connectivity index (χ1v) is 6.72. The van der Waals surface area contributed by atoms with Crippen molar-refractivity contribution >= 4 is 16.1 Å². The first-order chi connectivity index (χ1) is 9.53. The number of hydrogen-bond donors (Lipinski definition) is 0. The predicted octanol–water partition coefficient (Wildman–Crippen LogP) is 2.02. The lowest BCUT2D eigenvalue weighted by Crippen LogP contribution is -2.29. The highest BCUT2D eigenvalue weighted by Gasteiger charge is 2.49. The molecule has 0 bridgehead atoms. The Kier molecular flexibility index (Phi) is 4.72. The molecule has 0 heterocycles. The molecule has 0 fully saturated rings. The maximum absolute atomic E-state index is 12.4. The third-order valence-electron chi connectivity index (χ3n) is 2.30. The van der Waals surface area contributed by atoms with Gasteiger partial charge in [0.25, 0.3) is 0 Å². The summed E-state index contributed by atoms with van der Waals surface area (Å²) < 4.78 is 72.5. The van der Waals surface area contributed by atoms with Crippen molar-refractivity contribution in [1.29, 1.82) is 0 Å². The third kappa shape index (κ3) is 3.57. The van der Waals surface area contributed by atoms with Gasteiger partial charge in [-0.1, -0.05) is 0 Å². The normalized spacial score (nSPS) is 11.9. The number of carbonyl (C=O) groups is 1. The van der Waals surface area contributed by atoms with E-state index in [-0.39, 0.29) is 5.75 Å². The lowest BCUT2D eigenvalue weighted by Gasteiger charge is -2.15. The largest absolute Gasteiger partial charge is 0.534 e. The van der Waals surface area contributed by atoms with Gasteiger partial charge in [0.05, 0.1) is 14.2 Å². The number of aryl methyl sites for hydroxylation is 1. The fraction of sp³-hybridized carbons (Fsp3) is 0.364. The van der Waals surface area contributed by atoms with Crippen molar-refractivity contribution in [2.45, 2.75) is 12.4 Å². The molecule has 0 unspecified atom stereocenters.